The van der Waals surface area contributed by atoms with E-state index in [0.29, 0.717) is 11.5 Å². The van der Waals surface area contributed by atoms with E-state index in [1.165, 1.54) is 30.6 Å². The van der Waals surface area contributed by atoms with Gasteiger partial charge in [-0.1, -0.05) is 20.8 Å². The Hall–Kier alpha value is -0.380. The second kappa shape index (κ2) is 5.72. The average Bonchev–Trinajstić information content (AvgIpc) is 2.54. The fraction of sp³-hybridized carbons (Fsp3) is 0.733. The summed E-state index contributed by atoms with van der Waals surface area (Å²) < 4.78 is 0. The maximum atomic E-state index is 3.71. The summed E-state index contributed by atoms with van der Waals surface area (Å²) >= 11 is 1.82. The van der Waals surface area contributed by atoms with Crippen molar-refractivity contribution < 1.29 is 0 Å². The Kier molecular flexibility index (Phi) is 4.46. The summed E-state index contributed by atoms with van der Waals surface area (Å²) in [5, 5.41) is 8.27. The first-order chi connectivity index (χ1) is 8.47. The molecule has 1 saturated heterocycles. The summed E-state index contributed by atoms with van der Waals surface area (Å²) in [5.41, 5.74) is 3.30. The van der Waals surface area contributed by atoms with Crippen molar-refractivity contribution in [3.63, 3.8) is 0 Å². The van der Waals surface area contributed by atoms with Gasteiger partial charge in [-0.05, 0) is 53.7 Å². The molecule has 0 spiro atoms. The lowest BCUT2D eigenvalue weighted by Crippen LogP contribution is -2.46. The number of rotatable bonds is 2. The lowest BCUT2D eigenvalue weighted by atomic mass is 9.86. The Balaban J connectivity index is 2.01. The first-order valence-corrected chi connectivity index (χ1v) is 7.88. The number of aryl methyl sites for hydroxylation is 1. The molecule has 1 unspecified atom stereocenters. The van der Waals surface area contributed by atoms with Crippen LogP contribution in [-0.2, 0) is 6.54 Å². The molecule has 3 heteroatoms. The van der Waals surface area contributed by atoms with Gasteiger partial charge in [0, 0.05) is 19.1 Å². The van der Waals surface area contributed by atoms with Gasteiger partial charge in [0.2, 0.25) is 0 Å². The first kappa shape index (κ1) is 14.0. The smallest absolute Gasteiger partial charge is 0.0245 e. The second-order valence-corrected chi connectivity index (χ2v) is 7.29. The van der Waals surface area contributed by atoms with Crippen molar-refractivity contribution in [2.75, 3.05) is 19.6 Å². The Morgan fingerprint density at radius 2 is 2.17 bits per heavy atom. The summed E-state index contributed by atoms with van der Waals surface area (Å²) in [4.78, 5) is 2.62. The highest BCUT2D eigenvalue weighted by molar-refractivity contribution is 7.08. The van der Waals surface area contributed by atoms with Gasteiger partial charge >= 0.3 is 0 Å². The molecule has 102 valence electrons. The maximum absolute atomic E-state index is 3.71. The molecule has 0 saturated carbocycles. The monoisotopic (exact) mass is 266 g/mol. The van der Waals surface area contributed by atoms with Gasteiger partial charge in [0.15, 0.2) is 0 Å². The van der Waals surface area contributed by atoms with Crippen LogP contribution in [0.4, 0.5) is 0 Å². The van der Waals surface area contributed by atoms with Crippen LogP contribution in [-0.4, -0.2) is 30.6 Å². The summed E-state index contributed by atoms with van der Waals surface area (Å²) in [6.07, 6.45) is 1.26. The van der Waals surface area contributed by atoms with Crippen LogP contribution < -0.4 is 5.32 Å². The third-order valence-electron chi connectivity index (χ3n) is 3.88. The van der Waals surface area contributed by atoms with Crippen molar-refractivity contribution in [3.8, 4) is 0 Å². The minimum atomic E-state index is 0.340. The van der Waals surface area contributed by atoms with E-state index < -0.39 is 0 Å². The van der Waals surface area contributed by atoms with E-state index in [-0.39, 0.29) is 0 Å². The van der Waals surface area contributed by atoms with Crippen molar-refractivity contribution >= 4 is 11.3 Å². The maximum Gasteiger partial charge on any atom is 0.0245 e. The molecular weight excluding hydrogens is 240 g/mol. The van der Waals surface area contributed by atoms with Crippen LogP contribution in [0.15, 0.2) is 10.8 Å². The molecular formula is C15H26N2S. The highest BCUT2D eigenvalue weighted by Crippen LogP contribution is 2.23. The molecule has 2 rings (SSSR count). The Labute approximate surface area is 115 Å². The van der Waals surface area contributed by atoms with Crippen LogP contribution in [0, 0.1) is 12.3 Å². The Morgan fingerprint density at radius 1 is 1.39 bits per heavy atom. The summed E-state index contributed by atoms with van der Waals surface area (Å²) in [5.74, 6) is 0. The Morgan fingerprint density at radius 3 is 2.78 bits per heavy atom. The predicted molar refractivity (Wildman–Crippen MR) is 80.2 cm³/mol. The lowest BCUT2D eigenvalue weighted by molar-refractivity contribution is 0.192. The number of thiophene rings is 1. The number of nitrogens with zero attached hydrogens (tertiary/aromatic N) is 1. The fourth-order valence-corrected chi connectivity index (χ4v) is 3.35. The first-order valence-electron chi connectivity index (χ1n) is 6.94. The van der Waals surface area contributed by atoms with E-state index in [1.54, 1.807) is 0 Å². The second-order valence-electron chi connectivity index (χ2n) is 6.54. The van der Waals surface area contributed by atoms with Gasteiger partial charge in [0.05, 0.1) is 0 Å². The third kappa shape index (κ3) is 3.56. The van der Waals surface area contributed by atoms with Gasteiger partial charge < -0.3 is 5.32 Å². The molecule has 1 aromatic heterocycles. The lowest BCUT2D eigenvalue weighted by Gasteiger charge is -2.33. The molecule has 0 radical (unpaired) electrons. The highest BCUT2D eigenvalue weighted by atomic mass is 32.1. The van der Waals surface area contributed by atoms with Crippen LogP contribution in [0.25, 0.3) is 0 Å². The van der Waals surface area contributed by atoms with E-state index in [4.69, 9.17) is 0 Å². The average molecular weight is 266 g/mol. The van der Waals surface area contributed by atoms with E-state index in [2.05, 4.69) is 48.7 Å². The molecule has 1 aliphatic rings. The quantitative estimate of drug-likeness (QED) is 0.884. The highest BCUT2D eigenvalue weighted by Gasteiger charge is 2.28. The molecule has 1 aliphatic heterocycles. The summed E-state index contributed by atoms with van der Waals surface area (Å²) in [6, 6.07) is 0.596. The zero-order chi connectivity index (χ0) is 13.2. The number of hydrogen-bond donors (Lipinski definition) is 1. The molecule has 1 atom stereocenters. The largest absolute Gasteiger partial charge is 0.312 e. The summed E-state index contributed by atoms with van der Waals surface area (Å²) in [6.45, 7) is 13.9. The van der Waals surface area contributed by atoms with Crippen LogP contribution in [0.3, 0.4) is 0 Å². The predicted octanol–water partition coefficient (Wildman–Crippen LogP) is 3.27. The van der Waals surface area contributed by atoms with Gasteiger partial charge in [0.25, 0.3) is 0 Å². The van der Waals surface area contributed by atoms with Crippen LogP contribution in [0.1, 0.15) is 38.3 Å². The molecule has 1 N–H and O–H groups in total. The zero-order valence-electron chi connectivity index (χ0n) is 12.1. The van der Waals surface area contributed by atoms with Crippen molar-refractivity contribution in [2.45, 2.75) is 46.7 Å². The van der Waals surface area contributed by atoms with E-state index in [0.717, 1.165) is 13.1 Å². The minimum Gasteiger partial charge on any atom is -0.312 e. The zero-order valence-corrected chi connectivity index (χ0v) is 12.9. The number of hydrogen-bond acceptors (Lipinski definition) is 3. The van der Waals surface area contributed by atoms with E-state index >= 15 is 0 Å². The minimum absolute atomic E-state index is 0.340. The van der Waals surface area contributed by atoms with Gasteiger partial charge in [-0.25, -0.2) is 0 Å². The van der Waals surface area contributed by atoms with Gasteiger partial charge in [0.1, 0.15) is 0 Å². The van der Waals surface area contributed by atoms with Gasteiger partial charge in [-0.3, -0.25) is 4.90 Å². The van der Waals surface area contributed by atoms with Crippen molar-refractivity contribution in [1.29, 1.82) is 0 Å². The van der Waals surface area contributed by atoms with Crippen molar-refractivity contribution in [2.24, 2.45) is 5.41 Å². The van der Waals surface area contributed by atoms with Crippen molar-refractivity contribution in [3.05, 3.63) is 21.9 Å². The molecule has 2 heterocycles. The third-order valence-corrected chi connectivity index (χ3v) is 4.79. The van der Waals surface area contributed by atoms with Crippen molar-refractivity contribution in [1.82, 2.24) is 10.2 Å². The SMILES string of the molecule is Cc1cscc1CN1CCCNC(C(C)(C)C)C1. The topological polar surface area (TPSA) is 15.3 Å². The fourth-order valence-electron chi connectivity index (χ4n) is 2.51. The molecule has 0 amide bonds. The van der Waals surface area contributed by atoms with E-state index in [1.807, 2.05) is 11.3 Å². The number of nitrogens with one attached hydrogen (secondary N) is 1. The molecule has 0 aromatic carbocycles. The van der Waals surface area contributed by atoms with Gasteiger partial charge in [-0.2, -0.15) is 11.3 Å². The molecule has 1 fully saturated rings. The van der Waals surface area contributed by atoms with Gasteiger partial charge in [-0.15, -0.1) is 0 Å². The van der Waals surface area contributed by atoms with Crippen LogP contribution in [0.2, 0.25) is 0 Å². The Bertz CT molecular complexity index is 378. The molecule has 18 heavy (non-hydrogen) atoms. The standard InChI is InChI=1S/C15H26N2S/c1-12-10-18-11-13(12)8-17-7-5-6-16-14(9-17)15(2,3)4/h10-11,14,16H,5-9H2,1-4H3. The molecule has 0 aliphatic carbocycles. The van der Waals surface area contributed by atoms with Crippen LogP contribution in [0.5, 0.6) is 0 Å². The normalized spacial score (nSPS) is 23.0. The van der Waals surface area contributed by atoms with E-state index in [9.17, 15) is 0 Å². The molecule has 1 aromatic rings. The van der Waals surface area contributed by atoms with Crippen LogP contribution >= 0.6 is 11.3 Å². The molecule has 2 nitrogen and oxygen atoms in total. The summed E-state index contributed by atoms with van der Waals surface area (Å²) in [7, 11) is 0. The molecule has 0 bridgehead atoms.